The minimum Gasteiger partial charge on any atom is -0.386 e. The van der Waals surface area contributed by atoms with E-state index in [1.165, 1.54) is 25.1 Å². The molecule has 23 heteroatoms. The lowest BCUT2D eigenvalue weighted by atomic mass is 9.87. The molecule has 0 bridgehead atoms. The van der Waals surface area contributed by atoms with E-state index >= 15 is 0 Å². The lowest BCUT2D eigenvalue weighted by molar-refractivity contribution is -0.137. The average molecular weight is 750 g/mol. The zero-order valence-electron chi connectivity index (χ0n) is 27.3. The van der Waals surface area contributed by atoms with Gasteiger partial charge in [0.25, 0.3) is 0 Å². The van der Waals surface area contributed by atoms with E-state index in [1.54, 1.807) is 6.21 Å². The predicted molar refractivity (Wildman–Crippen MR) is 169 cm³/mol. The van der Waals surface area contributed by atoms with Crippen LogP contribution in [0.15, 0.2) is 21.5 Å². The largest absolute Gasteiger partial charge is 0.481 e. The maximum absolute atomic E-state index is 12.7. The molecule has 0 aromatic rings. The lowest BCUT2D eigenvalue weighted by Gasteiger charge is -2.36. The van der Waals surface area contributed by atoms with Crippen LogP contribution in [0.25, 0.3) is 0 Å². The summed E-state index contributed by atoms with van der Waals surface area (Å²) in [5.74, 6) is -0.898. The highest BCUT2D eigenvalue weighted by Gasteiger charge is 2.53. The Morgan fingerprint density at radius 2 is 1.73 bits per heavy atom. The van der Waals surface area contributed by atoms with Gasteiger partial charge in [-0.15, -0.1) is 0 Å². The molecule has 276 valence electrons. The highest BCUT2D eigenvalue weighted by atomic mass is 31.3. The number of rotatable bonds is 16. The monoisotopic (exact) mass is 749 g/mol. The first kappa shape index (κ1) is 40.8. The summed E-state index contributed by atoms with van der Waals surface area (Å²) in [5.41, 5.74) is 4.77. The number of phosphoric ester groups is 3. The molecule has 1 fully saturated rings. The van der Waals surface area contributed by atoms with Gasteiger partial charge in [0.15, 0.2) is 6.23 Å². The number of fused-ring (bicyclic) bond motifs is 1. The Kier molecular flexibility index (Phi) is 13.0. The van der Waals surface area contributed by atoms with E-state index in [9.17, 15) is 48.3 Å². The number of hydrogen-bond acceptors (Lipinski definition) is 15. The fourth-order valence-electron chi connectivity index (χ4n) is 5.01. The molecule has 3 heterocycles. The van der Waals surface area contributed by atoms with Crippen LogP contribution in [0.5, 0.6) is 0 Å². The van der Waals surface area contributed by atoms with Crippen LogP contribution in [-0.2, 0) is 41.1 Å². The second-order valence-corrected chi connectivity index (χ2v) is 17.7. The number of phosphoric acid groups is 3. The van der Waals surface area contributed by atoms with Crippen LogP contribution in [0.3, 0.4) is 0 Å². The van der Waals surface area contributed by atoms with Gasteiger partial charge in [-0.3, -0.25) is 18.4 Å². The van der Waals surface area contributed by atoms with E-state index in [-0.39, 0.29) is 23.7 Å². The van der Waals surface area contributed by atoms with Gasteiger partial charge in [0.05, 0.1) is 25.6 Å². The fourth-order valence-corrected chi connectivity index (χ4v) is 7.84. The summed E-state index contributed by atoms with van der Waals surface area (Å²) in [6.45, 7) is 8.89. The van der Waals surface area contributed by atoms with Crippen molar-refractivity contribution < 1.29 is 70.9 Å². The van der Waals surface area contributed by atoms with Crippen LogP contribution in [0.4, 0.5) is 0 Å². The molecule has 1 amide bonds. The second-order valence-electron chi connectivity index (χ2n) is 13.5. The molecule has 0 aliphatic carbocycles. The third-order valence-corrected chi connectivity index (χ3v) is 10.8. The molecule has 9 N–H and O–H groups in total. The van der Waals surface area contributed by atoms with Crippen molar-refractivity contribution >= 4 is 41.9 Å². The zero-order valence-corrected chi connectivity index (χ0v) is 30.0. The number of hydrogen-bond donors (Lipinski definition) is 8. The van der Waals surface area contributed by atoms with Crippen LogP contribution in [0, 0.1) is 16.7 Å². The first-order chi connectivity index (χ1) is 21.9. The Labute approximate surface area is 277 Å². The number of aliphatic hydroxyl groups excluding tert-OH is 2. The number of aliphatic imine (C=N–C) groups is 2. The number of amides is 1. The van der Waals surface area contributed by atoms with Crippen molar-refractivity contribution in [1.82, 2.24) is 10.2 Å². The number of nitrogens with one attached hydrogen (secondary N) is 1. The van der Waals surface area contributed by atoms with E-state index in [0.29, 0.717) is 18.5 Å². The molecule has 0 aromatic carbocycles. The van der Waals surface area contributed by atoms with Gasteiger partial charge in [-0.25, -0.2) is 23.7 Å². The first-order valence-corrected chi connectivity index (χ1v) is 19.4. The summed E-state index contributed by atoms with van der Waals surface area (Å²) in [5, 5.41) is 24.1. The summed E-state index contributed by atoms with van der Waals surface area (Å²) < 4.78 is 61.4. The SMILES string of the molecule is CCC1C=NC(N)=C2N=CN(C3OC(COP(=O)(O)OP(=O)(O)OCC(C)(C)C(O)C(=O)NCCC(C)(C)C)C(OP(=O)(O)O)C3O)C21. The maximum atomic E-state index is 12.7. The third-order valence-electron chi connectivity index (χ3n) is 7.71. The van der Waals surface area contributed by atoms with Crippen LogP contribution in [0.2, 0.25) is 0 Å². The molecule has 0 aromatic heterocycles. The number of carbonyl (C=O) groups is 1. The predicted octanol–water partition coefficient (Wildman–Crippen LogP) is 0.691. The van der Waals surface area contributed by atoms with Gasteiger partial charge < -0.3 is 50.5 Å². The van der Waals surface area contributed by atoms with Crippen LogP contribution < -0.4 is 11.1 Å². The number of nitrogens with zero attached hydrogens (tertiary/aromatic N) is 3. The van der Waals surface area contributed by atoms with Gasteiger partial charge >= 0.3 is 23.5 Å². The summed E-state index contributed by atoms with van der Waals surface area (Å²) in [6, 6.07) is -0.579. The molecule has 0 radical (unpaired) electrons. The second kappa shape index (κ2) is 15.3. The van der Waals surface area contributed by atoms with Crippen molar-refractivity contribution in [3.05, 3.63) is 11.5 Å². The van der Waals surface area contributed by atoms with Gasteiger partial charge in [-0.1, -0.05) is 41.5 Å². The summed E-state index contributed by atoms with van der Waals surface area (Å²) >= 11 is 0. The number of nitrogens with two attached hydrogens (primary N) is 1. The van der Waals surface area contributed by atoms with Crippen molar-refractivity contribution in [1.29, 1.82) is 0 Å². The summed E-state index contributed by atoms with van der Waals surface area (Å²) in [7, 11) is -16.1. The Balaban J connectivity index is 1.65. The quantitative estimate of drug-likeness (QED) is 0.101. The molecule has 48 heavy (non-hydrogen) atoms. The summed E-state index contributed by atoms with van der Waals surface area (Å²) in [6.07, 6.45) is -4.25. The Morgan fingerprint density at radius 3 is 2.31 bits per heavy atom. The van der Waals surface area contributed by atoms with E-state index in [4.69, 9.17) is 24.0 Å². The number of ether oxygens (including phenoxy) is 1. The third kappa shape index (κ3) is 10.9. The van der Waals surface area contributed by atoms with Crippen LogP contribution in [0.1, 0.15) is 54.4 Å². The van der Waals surface area contributed by atoms with Crippen molar-refractivity contribution in [3.63, 3.8) is 0 Å². The molecule has 1 saturated heterocycles. The van der Waals surface area contributed by atoms with Gasteiger partial charge in [-0.05, 0) is 18.3 Å². The van der Waals surface area contributed by atoms with Crippen LogP contribution >= 0.6 is 23.5 Å². The van der Waals surface area contributed by atoms with E-state index in [0.717, 1.165) is 0 Å². The standard InChI is InChI=1S/C25H46N5O15P3/c1-7-14-10-28-21(26)16-17(14)30(13-29-16)23-18(31)19(44-46(34,35)36)15(43-23)11-41-47(37,38)45-48(39,40)42-12-25(5,6)20(32)22(33)27-9-8-24(2,3)4/h10,13-15,17-20,23,31-32H,7-9,11-12,26H2,1-6H3,(H,27,33)(H,37,38)(H,39,40)(H2,34,35,36). The normalized spacial score (nSPS) is 29.5. The Bertz CT molecular complexity index is 1410. The highest BCUT2D eigenvalue weighted by molar-refractivity contribution is 7.61. The minimum absolute atomic E-state index is 0.0839. The average Bonchev–Trinajstić information content (AvgIpc) is 3.51. The Morgan fingerprint density at radius 1 is 1.10 bits per heavy atom. The van der Waals surface area contributed by atoms with Gasteiger partial charge in [0, 0.05) is 24.1 Å². The first-order valence-electron chi connectivity index (χ1n) is 14.9. The van der Waals surface area contributed by atoms with E-state index < -0.39 is 84.7 Å². The molecule has 0 spiro atoms. The van der Waals surface area contributed by atoms with Crippen molar-refractivity contribution in [3.8, 4) is 0 Å². The van der Waals surface area contributed by atoms with Gasteiger partial charge in [-0.2, -0.15) is 4.31 Å². The Hall–Kier alpha value is -1.60. The van der Waals surface area contributed by atoms with E-state index in [1.807, 2.05) is 27.7 Å². The molecular weight excluding hydrogens is 703 g/mol. The lowest BCUT2D eigenvalue weighted by Crippen LogP contribution is -2.50. The molecule has 0 saturated carbocycles. The highest BCUT2D eigenvalue weighted by Crippen LogP contribution is 2.61. The molecule has 3 rings (SSSR count). The fraction of sp³-hybridized carbons (Fsp3) is 0.800. The summed E-state index contributed by atoms with van der Waals surface area (Å²) in [4.78, 5) is 61.5. The van der Waals surface area contributed by atoms with Gasteiger partial charge in [0.2, 0.25) is 5.91 Å². The molecule has 9 unspecified atom stereocenters. The molecule has 20 nitrogen and oxygen atoms in total. The van der Waals surface area contributed by atoms with Crippen molar-refractivity contribution in [2.75, 3.05) is 19.8 Å². The van der Waals surface area contributed by atoms with Crippen LogP contribution in [-0.4, -0.2) is 110 Å². The number of carbonyl (C=O) groups excluding carboxylic acids is 1. The number of aliphatic hydroxyl groups is 2. The zero-order chi connectivity index (χ0) is 36.5. The van der Waals surface area contributed by atoms with Gasteiger partial charge in [0.1, 0.15) is 35.9 Å². The van der Waals surface area contributed by atoms with E-state index in [2.05, 4.69) is 19.6 Å². The maximum Gasteiger partial charge on any atom is 0.481 e. The smallest absolute Gasteiger partial charge is 0.386 e. The topological polar surface area (TPSA) is 302 Å². The molecular formula is C25H46N5O15P3. The molecule has 3 aliphatic heterocycles. The minimum atomic E-state index is -5.48. The van der Waals surface area contributed by atoms with Crippen molar-refractivity contribution in [2.45, 2.75) is 91.1 Å². The molecule has 9 atom stereocenters. The van der Waals surface area contributed by atoms with Crippen molar-refractivity contribution in [2.24, 2.45) is 32.5 Å². The molecule has 3 aliphatic rings.